The first-order valence-corrected chi connectivity index (χ1v) is 9.39. The van der Waals surface area contributed by atoms with E-state index in [2.05, 4.69) is 10.4 Å². The Morgan fingerprint density at radius 3 is 2.56 bits per heavy atom. The molecule has 0 aliphatic rings. The van der Waals surface area contributed by atoms with E-state index in [4.69, 9.17) is 4.74 Å². The molecule has 0 aliphatic heterocycles. The highest BCUT2D eigenvalue weighted by atomic mass is 19.1. The average Bonchev–Trinajstić information content (AvgIpc) is 3.12. The number of nitrogens with zero attached hydrogens (tertiary/aromatic N) is 4. The maximum absolute atomic E-state index is 13.2. The summed E-state index contributed by atoms with van der Waals surface area (Å²) >= 11 is 0. The standard InChI is InChI=1S/C21H20FN5O5/c1-13-10-17(27(24-13)16-7-5-15(22)6-8-16)23-18(28)12-32-19(29)9-4-14-11-25(2)21(31)26(3)20(14)30/h4-11H,12H2,1-3H3,(H,23,28)/b9-4+. The minimum atomic E-state index is -0.848. The zero-order valence-electron chi connectivity index (χ0n) is 17.5. The Kier molecular flexibility index (Phi) is 6.47. The van der Waals surface area contributed by atoms with E-state index in [9.17, 15) is 23.6 Å². The number of hydrogen-bond acceptors (Lipinski definition) is 6. The molecule has 10 nitrogen and oxygen atoms in total. The number of carbonyl (C=O) groups excluding carboxylic acids is 2. The van der Waals surface area contributed by atoms with Crippen molar-refractivity contribution in [2.75, 3.05) is 11.9 Å². The first-order valence-electron chi connectivity index (χ1n) is 9.39. The van der Waals surface area contributed by atoms with E-state index in [1.165, 1.54) is 59.9 Å². The van der Waals surface area contributed by atoms with Crippen LogP contribution in [-0.2, 0) is 28.4 Å². The number of rotatable bonds is 6. The number of ether oxygens (including phenoxy) is 1. The number of halogens is 1. The van der Waals surface area contributed by atoms with Gasteiger partial charge in [-0.3, -0.25) is 14.2 Å². The van der Waals surface area contributed by atoms with E-state index in [1.807, 2.05) is 0 Å². The first-order chi connectivity index (χ1) is 15.2. The molecule has 0 radical (unpaired) electrons. The van der Waals surface area contributed by atoms with Crippen LogP contribution in [0.2, 0.25) is 0 Å². The van der Waals surface area contributed by atoms with Crippen molar-refractivity contribution in [3.05, 3.63) is 80.5 Å². The minimum Gasteiger partial charge on any atom is -0.452 e. The van der Waals surface area contributed by atoms with Crippen molar-refractivity contribution < 1.29 is 18.7 Å². The fraction of sp³-hybridized carbons (Fsp3) is 0.190. The molecule has 0 spiro atoms. The lowest BCUT2D eigenvalue weighted by Gasteiger charge is -2.09. The normalized spacial score (nSPS) is 11.0. The van der Waals surface area contributed by atoms with Gasteiger partial charge < -0.3 is 14.6 Å². The van der Waals surface area contributed by atoms with Gasteiger partial charge >= 0.3 is 11.7 Å². The summed E-state index contributed by atoms with van der Waals surface area (Å²) in [6, 6.07) is 7.16. The topological polar surface area (TPSA) is 117 Å². The van der Waals surface area contributed by atoms with Crippen molar-refractivity contribution in [3.8, 4) is 5.69 Å². The molecule has 0 aliphatic carbocycles. The van der Waals surface area contributed by atoms with Gasteiger partial charge in [-0.05, 0) is 37.3 Å². The fourth-order valence-corrected chi connectivity index (χ4v) is 2.84. The summed E-state index contributed by atoms with van der Waals surface area (Å²) in [4.78, 5) is 47.9. The molecule has 1 amide bonds. The maximum atomic E-state index is 13.2. The monoisotopic (exact) mass is 441 g/mol. The third-order valence-electron chi connectivity index (χ3n) is 4.39. The van der Waals surface area contributed by atoms with Gasteiger partial charge in [0.05, 0.1) is 16.9 Å². The Morgan fingerprint density at radius 2 is 1.88 bits per heavy atom. The molecule has 3 aromatic rings. The van der Waals surface area contributed by atoms with E-state index < -0.39 is 35.5 Å². The number of amides is 1. The molecule has 32 heavy (non-hydrogen) atoms. The van der Waals surface area contributed by atoms with Crippen molar-refractivity contribution in [2.45, 2.75) is 6.92 Å². The third-order valence-corrected chi connectivity index (χ3v) is 4.39. The lowest BCUT2D eigenvalue weighted by atomic mass is 10.3. The van der Waals surface area contributed by atoms with Crippen LogP contribution in [0.5, 0.6) is 0 Å². The van der Waals surface area contributed by atoms with Crippen LogP contribution in [0.4, 0.5) is 10.2 Å². The number of aromatic nitrogens is 4. The summed E-state index contributed by atoms with van der Waals surface area (Å²) in [5.74, 6) is -1.55. The van der Waals surface area contributed by atoms with Gasteiger partial charge in [-0.1, -0.05) is 0 Å². The SMILES string of the molecule is Cc1cc(NC(=O)COC(=O)/C=C/c2cn(C)c(=O)n(C)c2=O)n(-c2ccc(F)cc2)n1. The summed E-state index contributed by atoms with van der Waals surface area (Å²) in [5.41, 5.74) is 0.187. The van der Waals surface area contributed by atoms with Crippen molar-refractivity contribution in [1.29, 1.82) is 0 Å². The fourth-order valence-electron chi connectivity index (χ4n) is 2.84. The quantitative estimate of drug-likeness (QED) is 0.449. The molecular weight excluding hydrogens is 421 g/mol. The number of nitrogens with one attached hydrogen (secondary N) is 1. The van der Waals surface area contributed by atoms with E-state index in [1.54, 1.807) is 13.0 Å². The average molecular weight is 441 g/mol. The summed E-state index contributed by atoms with van der Waals surface area (Å²) < 4.78 is 21.6. The molecule has 0 bridgehead atoms. The van der Waals surface area contributed by atoms with E-state index >= 15 is 0 Å². The van der Waals surface area contributed by atoms with Gasteiger partial charge in [-0.2, -0.15) is 5.10 Å². The second-order valence-electron chi connectivity index (χ2n) is 6.89. The van der Waals surface area contributed by atoms with Crippen LogP contribution in [0.25, 0.3) is 11.8 Å². The van der Waals surface area contributed by atoms with Crippen LogP contribution in [0.3, 0.4) is 0 Å². The maximum Gasteiger partial charge on any atom is 0.331 e. The van der Waals surface area contributed by atoms with E-state index in [0.29, 0.717) is 17.2 Å². The molecule has 0 saturated carbocycles. The molecule has 1 N–H and O–H groups in total. The molecule has 11 heteroatoms. The van der Waals surface area contributed by atoms with Gasteiger partial charge in [-0.15, -0.1) is 0 Å². The molecule has 0 fully saturated rings. The second-order valence-corrected chi connectivity index (χ2v) is 6.89. The first kappa shape index (κ1) is 22.4. The van der Waals surface area contributed by atoms with Gasteiger partial charge in [0, 0.05) is 32.4 Å². The van der Waals surface area contributed by atoms with Crippen LogP contribution < -0.4 is 16.6 Å². The highest BCUT2D eigenvalue weighted by Crippen LogP contribution is 2.17. The number of hydrogen-bond donors (Lipinski definition) is 1. The molecule has 1 aromatic carbocycles. The molecule has 2 aromatic heterocycles. The van der Waals surface area contributed by atoms with E-state index in [0.717, 1.165) is 10.6 Å². The number of aryl methyl sites for hydroxylation is 2. The van der Waals surface area contributed by atoms with Crippen molar-refractivity contribution in [2.24, 2.45) is 14.1 Å². The molecular formula is C21H20FN5O5. The number of anilines is 1. The number of carbonyl (C=O) groups is 2. The zero-order valence-corrected chi connectivity index (χ0v) is 17.5. The Labute approximate surface area is 181 Å². The molecule has 2 heterocycles. The Morgan fingerprint density at radius 1 is 1.19 bits per heavy atom. The van der Waals surface area contributed by atoms with Crippen molar-refractivity contribution in [3.63, 3.8) is 0 Å². The van der Waals surface area contributed by atoms with Crippen molar-refractivity contribution >= 4 is 23.8 Å². The van der Waals surface area contributed by atoms with Crippen LogP contribution in [0, 0.1) is 12.7 Å². The smallest absolute Gasteiger partial charge is 0.331 e. The van der Waals surface area contributed by atoms with Crippen LogP contribution in [-0.4, -0.2) is 37.4 Å². The van der Waals surface area contributed by atoms with Crippen LogP contribution >= 0.6 is 0 Å². The number of esters is 1. The largest absolute Gasteiger partial charge is 0.452 e. The van der Waals surface area contributed by atoms with Gasteiger partial charge in [0.15, 0.2) is 6.61 Å². The second kappa shape index (κ2) is 9.25. The summed E-state index contributed by atoms with van der Waals surface area (Å²) in [6.07, 6.45) is 3.48. The zero-order chi connectivity index (χ0) is 23.4. The number of benzene rings is 1. The summed E-state index contributed by atoms with van der Waals surface area (Å²) in [5, 5.41) is 6.83. The molecule has 3 rings (SSSR count). The summed E-state index contributed by atoms with van der Waals surface area (Å²) in [7, 11) is 2.79. The summed E-state index contributed by atoms with van der Waals surface area (Å²) in [6.45, 7) is 1.15. The Balaban J connectivity index is 1.63. The van der Waals surface area contributed by atoms with Crippen molar-refractivity contribution in [1.82, 2.24) is 18.9 Å². The molecule has 0 atom stereocenters. The lowest BCUT2D eigenvalue weighted by Crippen LogP contribution is -2.37. The Bertz CT molecular complexity index is 1320. The predicted octanol–water partition coefficient (Wildman–Crippen LogP) is 0.912. The highest BCUT2D eigenvalue weighted by Gasteiger charge is 2.13. The van der Waals surface area contributed by atoms with Gasteiger partial charge in [0.1, 0.15) is 11.6 Å². The van der Waals surface area contributed by atoms with Gasteiger partial charge in [0.2, 0.25) is 0 Å². The molecule has 166 valence electrons. The van der Waals surface area contributed by atoms with Crippen LogP contribution in [0.15, 0.2) is 52.2 Å². The third kappa shape index (κ3) is 5.06. The lowest BCUT2D eigenvalue weighted by molar-refractivity contribution is -0.142. The minimum absolute atomic E-state index is 0.106. The molecule has 0 unspecified atom stereocenters. The predicted molar refractivity (Wildman–Crippen MR) is 114 cm³/mol. The highest BCUT2D eigenvalue weighted by molar-refractivity contribution is 5.94. The molecule has 0 saturated heterocycles. The van der Waals surface area contributed by atoms with Gasteiger partial charge in [0.25, 0.3) is 11.5 Å². The Hall–Kier alpha value is -4.28. The van der Waals surface area contributed by atoms with Gasteiger partial charge in [-0.25, -0.2) is 18.7 Å². The van der Waals surface area contributed by atoms with E-state index in [-0.39, 0.29) is 5.56 Å². The van der Waals surface area contributed by atoms with Crippen LogP contribution in [0.1, 0.15) is 11.3 Å².